The highest BCUT2D eigenvalue weighted by atomic mass is 16.6. The van der Waals surface area contributed by atoms with E-state index in [4.69, 9.17) is 18.9 Å². The molecule has 0 aromatic carbocycles. The predicted molar refractivity (Wildman–Crippen MR) is 403 cm³/mol. The van der Waals surface area contributed by atoms with Gasteiger partial charge in [0.1, 0.15) is 0 Å². The molecule has 0 heterocycles. The summed E-state index contributed by atoms with van der Waals surface area (Å²) in [6.45, 7) is 15.2. The summed E-state index contributed by atoms with van der Waals surface area (Å²) in [6.07, 6.45) is 99.2. The largest absolute Gasteiger partial charge is 0.375 e. The molecule has 91 heavy (non-hydrogen) atoms. The van der Waals surface area contributed by atoms with E-state index in [1.807, 2.05) is 0 Å². The summed E-state index contributed by atoms with van der Waals surface area (Å²) >= 11 is 0. The van der Waals surface area contributed by atoms with E-state index in [9.17, 15) is 0 Å². The topological polar surface area (TPSA) is 43.4 Å². The van der Waals surface area contributed by atoms with Crippen molar-refractivity contribution in [3.8, 4) is 0 Å². The van der Waals surface area contributed by atoms with Crippen molar-refractivity contribution in [1.82, 2.24) is 9.80 Å². The van der Waals surface area contributed by atoms with Crippen LogP contribution >= 0.6 is 0 Å². The number of ether oxygens (including phenoxy) is 4. The summed E-state index contributed by atoms with van der Waals surface area (Å²) in [5.74, 6) is 2.77. The minimum absolute atomic E-state index is 0.282. The third-order valence-electron chi connectivity index (χ3n) is 19.3. The van der Waals surface area contributed by atoms with Crippen LogP contribution in [-0.2, 0) is 18.9 Å². The van der Waals surface area contributed by atoms with Gasteiger partial charge in [-0.15, -0.1) is 0 Å². The van der Waals surface area contributed by atoms with E-state index in [1.165, 1.54) is 270 Å². The van der Waals surface area contributed by atoms with Gasteiger partial charge in [-0.25, -0.2) is 0 Å². The zero-order valence-electron chi connectivity index (χ0n) is 61.9. The Labute approximate surface area is 568 Å². The summed E-state index contributed by atoms with van der Waals surface area (Å²) in [5.41, 5.74) is 0. The summed E-state index contributed by atoms with van der Waals surface area (Å²) in [4.78, 5) is 4.61. The zero-order valence-corrected chi connectivity index (χ0v) is 61.9. The minimum atomic E-state index is 0.282. The molecule has 0 aromatic rings. The first kappa shape index (κ1) is 84.8. The number of hydrogen-bond acceptors (Lipinski definition) is 6. The van der Waals surface area contributed by atoms with Crippen LogP contribution in [-0.4, -0.2) is 102 Å². The molecular formula is C85H154N2O4. The van der Waals surface area contributed by atoms with E-state index >= 15 is 0 Å². The van der Waals surface area contributed by atoms with Crippen molar-refractivity contribution in [1.29, 1.82) is 0 Å². The van der Waals surface area contributed by atoms with Gasteiger partial charge in [0.25, 0.3) is 0 Å². The van der Waals surface area contributed by atoms with E-state index in [2.05, 4.69) is 163 Å². The molecule has 0 bridgehead atoms. The van der Waals surface area contributed by atoms with Gasteiger partial charge < -0.3 is 28.7 Å². The lowest BCUT2D eigenvalue weighted by Crippen LogP contribution is -2.53. The van der Waals surface area contributed by atoms with Gasteiger partial charge >= 0.3 is 0 Å². The third kappa shape index (κ3) is 53.5. The monoisotopic (exact) mass is 1270 g/mol. The molecule has 0 N–H and O–H groups in total. The quantitative estimate of drug-likeness (QED) is 0.0447. The molecule has 0 aromatic heterocycles. The van der Waals surface area contributed by atoms with Crippen LogP contribution in [0.15, 0.2) is 97.2 Å². The van der Waals surface area contributed by atoms with Crippen LogP contribution in [0.25, 0.3) is 0 Å². The molecule has 8 atom stereocenters. The van der Waals surface area contributed by atoms with Crippen LogP contribution < -0.4 is 0 Å². The van der Waals surface area contributed by atoms with Gasteiger partial charge in [0.2, 0.25) is 0 Å². The average molecular weight is 1270 g/mol. The van der Waals surface area contributed by atoms with Crippen molar-refractivity contribution >= 4 is 0 Å². The number of nitrogens with zero attached hydrogens (tertiary/aromatic N) is 2. The van der Waals surface area contributed by atoms with Crippen LogP contribution in [0.2, 0.25) is 0 Å². The predicted octanol–water partition coefficient (Wildman–Crippen LogP) is 25.0. The molecule has 0 saturated heterocycles. The maximum Gasteiger partial charge on any atom is 0.0907 e. The van der Waals surface area contributed by atoms with E-state index in [0.29, 0.717) is 30.1 Å². The van der Waals surface area contributed by atoms with Gasteiger partial charge in [-0.3, -0.25) is 0 Å². The van der Waals surface area contributed by atoms with Crippen molar-refractivity contribution in [2.24, 2.45) is 23.7 Å². The van der Waals surface area contributed by atoms with Gasteiger partial charge in [-0.2, -0.15) is 0 Å². The highest BCUT2D eigenvalue weighted by Gasteiger charge is 2.52. The highest BCUT2D eigenvalue weighted by Crippen LogP contribution is 2.39. The van der Waals surface area contributed by atoms with Gasteiger partial charge in [0, 0.05) is 51.4 Å². The molecule has 8 unspecified atom stereocenters. The third-order valence-corrected chi connectivity index (χ3v) is 19.3. The van der Waals surface area contributed by atoms with Crippen molar-refractivity contribution < 1.29 is 18.9 Å². The smallest absolute Gasteiger partial charge is 0.0907 e. The SMILES string of the molecule is CCCCCC=CCC=CCCCCCCCCOC1CC(CN(C)C)C1OCCCCCCCCC=CCC=CCCCC(C)C(C)CCCC=CCC=CCCCCCCCCOC1C(CN(C)C)C1OCCCCCCCCC=CCC=CCCCCC. The lowest BCUT2D eigenvalue weighted by Gasteiger charge is -2.45. The molecule has 0 aliphatic heterocycles. The molecule has 0 amide bonds. The Balaban J connectivity index is 1.33. The summed E-state index contributed by atoms with van der Waals surface area (Å²) in [6, 6.07) is 0. The fourth-order valence-corrected chi connectivity index (χ4v) is 13.0. The van der Waals surface area contributed by atoms with E-state index in [-0.39, 0.29) is 6.10 Å². The molecular weight excluding hydrogens is 1110 g/mol. The van der Waals surface area contributed by atoms with Crippen molar-refractivity contribution in [3.63, 3.8) is 0 Å². The number of allylic oxidation sites excluding steroid dienone is 16. The first-order valence-corrected chi connectivity index (χ1v) is 39.7. The molecule has 2 aliphatic carbocycles. The van der Waals surface area contributed by atoms with Crippen LogP contribution in [0.1, 0.15) is 329 Å². The van der Waals surface area contributed by atoms with Gasteiger partial charge in [-0.1, -0.05) is 266 Å². The Hall–Kier alpha value is -2.32. The van der Waals surface area contributed by atoms with Crippen molar-refractivity contribution in [2.75, 3.05) is 67.7 Å². The first-order valence-electron chi connectivity index (χ1n) is 39.7. The molecule has 6 heteroatoms. The first-order chi connectivity index (χ1) is 44.8. The Morgan fingerprint density at radius 3 is 0.868 bits per heavy atom. The maximum absolute atomic E-state index is 6.51. The highest BCUT2D eigenvalue weighted by molar-refractivity contribution is 5.02. The number of hydrogen-bond donors (Lipinski definition) is 0. The number of unbranched alkanes of at least 4 members (excludes halogenated alkanes) is 32. The number of rotatable bonds is 69. The summed E-state index contributed by atoms with van der Waals surface area (Å²) in [7, 11) is 8.72. The van der Waals surface area contributed by atoms with E-state index < -0.39 is 0 Å². The Morgan fingerprint density at radius 1 is 0.297 bits per heavy atom. The Kier molecular flexibility index (Phi) is 60.5. The second-order valence-corrected chi connectivity index (χ2v) is 28.8. The second kappa shape index (κ2) is 65.0. The normalized spacial score (nSPS) is 19.6. The molecule has 528 valence electrons. The standard InChI is InChI=1S/C85H154N2O4/c1-9-11-13-15-17-19-21-23-25-29-35-41-47-53-59-65-71-88-82-75-80(76-86(5)6)83(82)89-72-66-60-54-48-42-37-31-27-33-39-45-51-57-63-69-78(3)79(4)70-64-58-52-46-40-34-28-32-38-44-50-56-62-68-74-91-85-81(77-87(7)8)84(85)90-73-67-61-55-49-43-36-30-26-24-22-20-18-16-14-12-10-2/h17-20,23-28,33-34,45-46,51-52,78-85H,9-16,21-22,29-32,35-44,47-50,53-77H2,1-8H3. The van der Waals surface area contributed by atoms with Crippen LogP contribution in [0.4, 0.5) is 0 Å². The average Bonchev–Trinajstić information content (AvgIpc) is 1.72. The Bertz CT molecular complexity index is 1780. The van der Waals surface area contributed by atoms with E-state index in [1.54, 1.807) is 0 Å². The zero-order chi connectivity index (χ0) is 65.4. The molecule has 0 spiro atoms. The maximum atomic E-state index is 6.51. The molecule has 2 aliphatic rings. The Morgan fingerprint density at radius 2 is 0.560 bits per heavy atom. The summed E-state index contributed by atoms with van der Waals surface area (Å²) in [5, 5.41) is 0. The van der Waals surface area contributed by atoms with Crippen molar-refractivity contribution in [2.45, 2.75) is 354 Å². The molecule has 2 saturated carbocycles. The van der Waals surface area contributed by atoms with Gasteiger partial charge in [0.15, 0.2) is 0 Å². The minimum Gasteiger partial charge on any atom is -0.375 e. The molecule has 6 nitrogen and oxygen atoms in total. The van der Waals surface area contributed by atoms with Crippen LogP contribution in [0.3, 0.4) is 0 Å². The second-order valence-electron chi connectivity index (χ2n) is 28.8. The lowest BCUT2D eigenvalue weighted by atomic mass is 9.78. The fraction of sp³-hybridized carbons (Fsp3) is 0.812. The fourth-order valence-electron chi connectivity index (χ4n) is 13.0. The van der Waals surface area contributed by atoms with Crippen LogP contribution in [0, 0.1) is 23.7 Å². The summed E-state index contributed by atoms with van der Waals surface area (Å²) < 4.78 is 25.7. The molecule has 2 rings (SSSR count). The van der Waals surface area contributed by atoms with Gasteiger partial charge in [-0.05, 0) is 201 Å². The molecule has 0 radical (unpaired) electrons. The lowest BCUT2D eigenvalue weighted by molar-refractivity contribution is -0.168. The van der Waals surface area contributed by atoms with E-state index in [0.717, 1.165) is 83.5 Å². The van der Waals surface area contributed by atoms with Gasteiger partial charge in [0.05, 0.1) is 24.4 Å². The van der Waals surface area contributed by atoms with Crippen LogP contribution in [0.5, 0.6) is 0 Å². The van der Waals surface area contributed by atoms with Crippen molar-refractivity contribution in [3.05, 3.63) is 97.2 Å². The molecule has 2 fully saturated rings.